The molecule has 8 heteroatoms. The molecule has 0 aliphatic heterocycles. The van der Waals surface area contributed by atoms with Gasteiger partial charge in [-0.3, -0.25) is 16.0 Å². The molecular formula is C13H19BrN6O. The Bertz CT molecular complexity index is 615. The lowest BCUT2D eigenvalue weighted by atomic mass is 10.1. The molecule has 0 saturated carbocycles. The third kappa shape index (κ3) is 3.39. The fourth-order valence-electron chi connectivity index (χ4n) is 2.16. The van der Waals surface area contributed by atoms with Crippen LogP contribution in [0.2, 0.25) is 0 Å². The van der Waals surface area contributed by atoms with Crippen LogP contribution in [-0.4, -0.2) is 26.9 Å². The number of aromatic nitrogens is 4. The maximum absolute atomic E-state index is 5.70. The molecule has 0 radical (unpaired) electrons. The van der Waals surface area contributed by atoms with Crippen molar-refractivity contribution in [3.8, 4) is 5.88 Å². The van der Waals surface area contributed by atoms with Gasteiger partial charge in [-0.25, -0.2) is 9.97 Å². The highest BCUT2D eigenvalue weighted by Crippen LogP contribution is 2.26. The van der Waals surface area contributed by atoms with Crippen molar-refractivity contribution >= 4 is 15.9 Å². The monoisotopic (exact) mass is 354 g/mol. The number of methoxy groups -OCH3 is 1. The van der Waals surface area contributed by atoms with E-state index in [1.54, 1.807) is 13.2 Å². The van der Waals surface area contributed by atoms with E-state index in [0.29, 0.717) is 12.3 Å². The molecule has 2 heterocycles. The highest BCUT2D eigenvalue weighted by molar-refractivity contribution is 9.10. The van der Waals surface area contributed by atoms with Gasteiger partial charge in [0, 0.05) is 19.0 Å². The lowest BCUT2D eigenvalue weighted by Crippen LogP contribution is -2.31. The highest BCUT2D eigenvalue weighted by Gasteiger charge is 2.19. The number of ether oxygens (including phenoxy) is 1. The largest absolute Gasteiger partial charge is 0.481 e. The van der Waals surface area contributed by atoms with Crippen LogP contribution in [0, 0.1) is 6.92 Å². The van der Waals surface area contributed by atoms with Gasteiger partial charge >= 0.3 is 0 Å². The van der Waals surface area contributed by atoms with Crippen molar-refractivity contribution in [1.82, 2.24) is 25.2 Å². The Labute approximate surface area is 132 Å². The maximum Gasteiger partial charge on any atom is 0.216 e. The Morgan fingerprint density at radius 3 is 2.86 bits per heavy atom. The molecule has 2 aromatic heterocycles. The van der Waals surface area contributed by atoms with E-state index in [1.165, 1.54) is 6.33 Å². The minimum Gasteiger partial charge on any atom is -0.481 e. The molecule has 0 fully saturated rings. The number of nitrogens with one attached hydrogen (secondary N) is 1. The van der Waals surface area contributed by atoms with Crippen LogP contribution in [-0.2, 0) is 13.0 Å². The van der Waals surface area contributed by atoms with Crippen molar-refractivity contribution in [3.63, 3.8) is 0 Å². The van der Waals surface area contributed by atoms with E-state index in [9.17, 15) is 0 Å². The lowest BCUT2D eigenvalue weighted by molar-refractivity contribution is 0.393. The number of hydrogen-bond acceptors (Lipinski definition) is 6. The second-order valence-electron chi connectivity index (χ2n) is 4.57. The van der Waals surface area contributed by atoms with E-state index in [4.69, 9.17) is 10.6 Å². The van der Waals surface area contributed by atoms with E-state index in [2.05, 4.69) is 43.3 Å². The molecule has 2 rings (SSSR count). The lowest BCUT2D eigenvalue weighted by Gasteiger charge is -2.16. The highest BCUT2D eigenvalue weighted by atomic mass is 79.9. The van der Waals surface area contributed by atoms with Crippen LogP contribution in [0.1, 0.15) is 30.0 Å². The molecule has 0 saturated heterocycles. The first kappa shape index (κ1) is 15.9. The summed E-state index contributed by atoms with van der Waals surface area (Å²) in [6.45, 7) is 4.82. The molecule has 114 valence electrons. The molecule has 1 unspecified atom stereocenters. The van der Waals surface area contributed by atoms with Crippen molar-refractivity contribution in [2.24, 2.45) is 5.84 Å². The summed E-state index contributed by atoms with van der Waals surface area (Å²) >= 11 is 3.59. The molecule has 21 heavy (non-hydrogen) atoms. The summed E-state index contributed by atoms with van der Waals surface area (Å²) in [6.07, 6.45) is 2.13. The summed E-state index contributed by atoms with van der Waals surface area (Å²) in [4.78, 5) is 8.28. The van der Waals surface area contributed by atoms with E-state index in [0.717, 1.165) is 28.1 Å². The normalized spacial score (nSPS) is 12.4. The second-order valence-corrected chi connectivity index (χ2v) is 5.36. The third-order valence-corrected chi connectivity index (χ3v) is 4.31. The second kappa shape index (κ2) is 6.97. The van der Waals surface area contributed by atoms with Gasteiger partial charge in [-0.15, -0.1) is 0 Å². The molecule has 3 N–H and O–H groups in total. The Morgan fingerprint density at radius 1 is 1.48 bits per heavy atom. The number of hydrogen-bond donors (Lipinski definition) is 2. The average molecular weight is 355 g/mol. The summed E-state index contributed by atoms with van der Waals surface area (Å²) in [6, 6.07) is 1.62. The van der Waals surface area contributed by atoms with Crippen molar-refractivity contribution in [3.05, 3.63) is 33.9 Å². The van der Waals surface area contributed by atoms with Gasteiger partial charge in [-0.05, 0) is 29.8 Å². The van der Waals surface area contributed by atoms with Gasteiger partial charge in [0.2, 0.25) is 5.88 Å². The zero-order valence-electron chi connectivity index (χ0n) is 12.3. The quantitative estimate of drug-likeness (QED) is 0.603. The van der Waals surface area contributed by atoms with Crippen LogP contribution in [0.25, 0.3) is 0 Å². The summed E-state index contributed by atoms with van der Waals surface area (Å²) < 4.78 is 8.09. The Balaban J connectivity index is 2.30. The molecule has 0 aliphatic rings. The number of nitrogens with zero attached hydrogens (tertiary/aromatic N) is 4. The summed E-state index contributed by atoms with van der Waals surface area (Å²) in [5.74, 6) is 6.21. The molecule has 0 bridgehead atoms. The minimum atomic E-state index is -0.153. The van der Waals surface area contributed by atoms with E-state index < -0.39 is 0 Å². The molecule has 0 spiro atoms. The molecule has 2 aromatic rings. The van der Waals surface area contributed by atoms with Gasteiger partial charge < -0.3 is 4.74 Å². The number of hydrazine groups is 1. The fourth-order valence-corrected chi connectivity index (χ4v) is 2.61. The first-order chi connectivity index (χ1) is 10.1. The fraction of sp³-hybridized carbons (Fsp3) is 0.462. The van der Waals surface area contributed by atoms with Gasteiger partial charge in [0.25, 0.3) is 0 Å². The molecule has 0 aromatic carbocycles. The van der Waals surface area contributed by atoms with Crippen molar-refractivity contribution < 1.29 is 4.74 Å². The van der Waals surface area contributed by atoms with Gasteiger partial charge in [-0.1, -0.05) is 0 Å². The first-order valence-corrected chi connectivity index (χ1v) is 7.43. The van der Waals surface area contributed by atoms with Crippen LogP contribution in [0.15, 0.2) is 16.9 Å². The summed E-state index contributed by atoms with van der Waals surface area (Å²) in [7, 11) is 1.57. The molecular weight excluding hydrogens is 336 g/mol. The van der Waals surface area contributed by atoms with Crippen LogP contribution in [0.4, 0.5) is 0 Å². The van der Waals surface area contributed by atoms with Crippen LogP contribution in [0.3, 0.4) is 0 Å². The molecule has 1 atom stereocenters. The SMILES string of the molecule is CCn1nc(C)c(Br)c1CC(NN)c1cc(OC)ncn1. The smallest absolute Gasteiger partial charge is 0.216 e. The topological polar surface area (TPSA) is 90.9 Å². The van der Waals surface area contributed by atoms with E-state index >= 15 is 0 Å². The Kier molecular flexibility index (Phi) is 5.27. The van der Waals surface area contributed by atoms with Gasteiger partial charge in [0.15, 0.2) is 0 Å². The zero-order chi connectivity index (χ0) is 15.4. The maximum atomic E-state index is 5.70. The van der Waals surface area contributed by atoms with E-state index in [1.807, 2.05) is 11.6 Å². The van der Waals surface area contributed by atoms with Crippen LogP contribution in [0.5, 0.6) is 5.88 Å². The minimum absolute atomic E-state index is 0.153. The number of nitrogens with two attached hydrogens (primary N) is 1. The number of rotatable bonds is 6. The standard InChI is InChI=1S/C13H19BrN6O/c1-4-20-11(13(14)8(2)19-20)5-10(18-15)9-6-12(21-3)17-7-16-9/h6-7,10,18H,4-5,15H2,1-3H3. The zero-order valence-corrected chi connectivity index (χ0v) is 13.9. The van der Waals surface area contributed by atoms with Crippen molar-refractivity contribution in [2.75, 3.05) is 7.11 Å². The molecule has 7 nitrogen and oxygen atoms in total. The summed E-state index contributed by atoms with van der Waals surface area (Å²) in [5.41, 5.74) is 5.61. The number of halogens is 1. The predicted octanol–water partition coefficient (Wildman–Crippen LogP) is 1.52. The Hall–Kier alpha value is -1.51. The van der Waals surface area contributed by atoms with Gasteiger partial charge in [0.1, 0.15) is 6.33 Å². The van der Waals surface area contributed by atoms with Crippen LogP contribution < -0.4 is 16.0 Å². The van der Waals surface area contributed by atoms with E-state index in [-0.39, 0.29) is 6.04 Å². The first-order valence-electron chi connectivity index (χ1n) is 6.64. The third-order valence-electron chi connectivity index (χ3n) is 3.28. The van der Waals surface area contributed by atoms with Crippen LogP contribution >= 0.6 is 15.9 Å². The van der Waals surface area contributed by atoms with Gasteiger partial charge in [-0.2, -0.15) is 5.10 Å². The van der Waals surface area contributed by atoms with Crippen molar-refractivity contribution in [2.45, 2.75) is 32.9 Å². The predicted molar refractivity (Wildman–Crippen MR) is 82.7 cm³/mol. The average Bonchev–Trinajstić information content (AvgIpc) is 2.79. The van der Waals surface area contributed by atoms with Gasteiger partial charge in [0.05, 0.1) is 34.7 Å². The number of aryl methyl sites for hydroxylation is 2. The van der Waals surface area contributed by atoms with Crippen molar-refractivity contribution in [1.29, 1.82) is 0 Å². The molecule has 0 aliphatic carbocycles. The summed E-state index contributed by atoms with van der Waals surface area (Å²) in [5, 5.41) is 4.49. The Morgan fingerprint density at radius 2 is 2.24 bits per heavy atom. The molecule has 0 amide bonds.